The summed E-state index contributed by atoms with van der Waals surface area (Å²) in [5.41, 5.74) is 5.81. The van der Waals surface area contributed by atoms with Crippen LogP contribution in [0.1, 0.15) is 42.4 Å². The molecule has 31 heavy (non-hydrogen) atoms. The number of hydrogen-bond acceptors (Lipinski definition) is 3. The number of amides is 1. The second-order valence-electron chi connectivity index (χ2n) is 9.40. The van der Waals surface area contributed by atoms with Crippen LogP contribution in [0.25, 0.3) is 11.1 Å². The maximum absolute atomic E-state index is 13.5. The largest absolute Gasteiger partial charge is 0.381 e. The highest BCUT2D eigenvalue weighted by Crippen LogP contribution is 2.38. The van der Waals surface area contributed by atoms with E-state index in [0.29, 0.717) is 25.7 Å². The second-order valence-corrected chi connectivity index (χ2v) is 9.40. The molecule has 4 heteroatoms. The van der Waals surface area contributed by atoms with Gasteiger partial charge in [0.05, 0.1) is 12.0 Å². The standard InChI is InChI=1S/C27H35NO3/c1-20-14-21(2)16-24(15-20)25-8-4-3-7-23(25)17-27(9-12-30-13-10-27)26(29)28-18-22-6-5-11-31-19-22/h3-4,7-8,14-16,22H,5-6,9-13,17-19H2,1-2H3,(H,28,29). The van der Waals surface area contributed by atoms with E-state index in [9.17, 15) is 4.79 Å². The van der Waals surface area contributed by atoms with Crippen molar-refractivity contribution < 1.29 is 14.3 Å². The van der Waals surface area contributed by atoms with Crippen LogP contribution >= 0.6 is 0 Å². The topological polar surface area (TPSA) is 47.6 Å². The van der Waals surface area contributed by atoms with Gasteiger partial charge in [0.2, 0.25) is 5.91 Å². The number of rotatable bonds is 6. The molecule has 0 radical (unpaired) electrons. The zero-order valence-corrected chi connectivity index (χ0v) is 18.9. The fourth-order valence-corrected chi connectivity index (χ4v) is 5.09. The summed E-state index contributed by atoms with van der Waals surface area (Å²) in [4.78, 5) is 13.5. The lowest BCUT2D eigenvalue weighted by atomic mass is 9.73. The minimum atomic E-state index is -0.414. The summed E-state index contributed by atoms with van der Waals surface area (Å²) in [6, 6.07) is 15.2. The third kappa shape index (κ3) is 5.36. The molecular formula is C27H35NO3. The molecule has 2 fully saturated rings. The molecule has 0 aliphatic carbocycles. The van der Waals surface area contributed by atoms with Gasteiger partial charge in [-0.3, -0.25) is 4.79 Å². The number of carbonyl (C=O) groups excluding carboxylic acids is 1. The number of carbonyl (C=O) groups is 1. The highest BCUT2D eigenvalue weighted by atomic mass is 16.5. The van der Waals surface area contributed by atoms with Crippen molar-refractivity contribution in [1.82, 2.24) is 5.32 Å². The molecule has 1 atom stereocenters. The second kappa shape index (κ2) is 9.97. The lowest BCUT2D eigenvalue weighted by molar-refractivity contribution is -0.137. The summed E-state index contributed by atoms with van der Waals surface area (Å²) >= 11 is 0. The maximum Gasteiger partial charge on any atom is 0.226 e. The van der Waals surface area contributed by atoms with Gasteiger partial charge in [-0.15, -0.1) is 0 Å². The Labute approximate surface area is 186 Å². The van der Waals surface area contributed by atoms with Crippen LogP contribution in [0.3, 0.4) is 0 Å². The smallest absolute Gasteiger partial charge is 0.226 e. The van der Waals surface area contributed by atoms with Crippen LogP contribution in [-0.2, 0) is 20.7 Å². The summed E-state index contributed by atoms with van der Waals surface area (Å²) < 4.78 is 11.2. The minimum Gasteiger partial charge on any atom is -0.381 e. The number of aryl methyl sites for hydroxylation is 2. The first kappa shape index (κ1) is 22.0. The first-order chi connectivity index (χ1) is 15.1. The van der Waals surface area contributed by atoms with Gasteiger partial charge >= 0.3 is 0 Å². The van der Waals surface area contributed by atoms with E-state index in [1.165, 1.54) is 27.8 Å². The van der Waals surface area contributed by atoms with Gasteiger partial charge in [-0.1, -0.05) is 53.6 Å². The van der Waals surface area contributed by atoms with Gasteiger partial charge in [0.1, 0.15) is 0 Å². The maximum atomic E-state index is 13.5. The first-order valence-electron chi connectivity index (χ1n) is 11.7. The van der Waals surface area contributed by atoms with E-state index < -0.39 is 5.41 Å². The third-order valence-corrected chi connectivity index (χ3v) is 6.82. The molecule has 4 rings (SSSR count). The Balaban J connectivity index is 1.57. The van der Waals surface area contributed by atoms with Gasteiger partial charge < -0.3 is 14.8 Å². The molecule has 2 aliphatic rings. The summed E-state index contributed by atoms with van der Waals surface area (Å²) in [6.45, 7) is 7.88. The van der Waals surface area contributed by atoms with Crippen molar-refractivity contribution in [3.8, 4) is 11.1 Å². The average molecular weight is 422 g/mol. The summed E-state index contributed by atoms with van der Waals surface area (Å²) in [5, 5.41) is 3.29. The predicted molar refractivity (Wildman–Crippen MR) is 124 cm³/mol. The van der Waals surface area contributed by atoms with Gasteiger partial charge in [-0.05, 0) is 68.6 Å². The van der Waals surface area contributed by atoms with Crippen LogP contribution in [-0.4, -0.2) is 38.9 Å². The molecule has 2 aromatic rings. The zero-order chi connectivity index (χ0) is 21.7. The quantitative estimate of drug-likeness (QED) is 0.725. The Bertz CT molecular complexity index is 875. The molecule has 1 unspecified atom stereocenters. The van der Waals surface area contributed by atoms with Crippen molar-refractivity contribution in [2.45, 2.75) is 46.0 Å². The van der Waals surface area contributed by atoms with Crippen LogP contribution in [0.2, 0.25) is 0 Å². The lowest BCUT2D eigenvalue weighted by Gasteiger charge is -2.37. The van der Waals surface area contributed by atoms with E-state index in [1.54, 1.807) is 0 Å². The summed E-state index contributed by atoms with van der Waals surface area (Å²) in [7, 11) is 0. The van der Waals surface area contributed by atoms with Crippen LogP contribution in [0, 0.1) is 25.2 Å². The number of nitrogens with one attached hydrogen (secondary N) is 1. The molecule has 2 heterocycles. The van der Waals surface area contributed by atoms with Crippen molar-refractivity contribution in [3.63, 3.8) is 0 Å². The van der Waals surface area contributed by atoms with E-state index in [0.717, 1.165) is 45.3 Å². The predicted octanol–water partition coefficient (Wildman–Crippen LogP) is 4.85. The van der Waals surface area contributed by atoms with Gasteiger partial charge in [-0.2, -0.15) is 0 Å². The first-order valence-corrected chi connectivity index (χ1v) is 11.7. The van der Waals surface area contributed by atoms with Crippen LogP contribution in [0.15, 0.2) is 42.5 Å². The fourth-order valence-electron chi connectivity index (χ4n) is 5.09. The van der Waals surface area contributed by atoms with E-state index in [4.69, 9.17) is 9.47 Å². The Hall–Kier alpha value is -2.17. The van der Waals surface area contributed by atoms with Gasteiger partial charge in [0, 0.05) is 26.4 Å². The van der Waals surface area contributed by atoms with Crippen LogP contribution < -0.4 is 5.32 Å². The number of benzene rings is 2. The van der Waals surface area contributed by atoms with Crippen LogP contribution in [0.5, 0.6) is 0 Å². The molecule has 2 aromatic carbocycles. The van der Waals surface area contributed by atoms with E-state index in [-0.39, 0.29) is 5.91 Å². The summed E-state index contributed by atoms with van der Waals surface area (Å²) in [6.07, 6.45) is 4.49. The zero-order valence-electron chi connectivity index (χ0n) is 18.9. The van der Waals surface area contributed by atoms with E-state index >= 15 is 0 Å². The number of hydrogen-bond donors (Lipinski definition) is 1. The normalized spacial score (nSPS) is 20.9. The van der Waals surface area contributed by atoms with Gasteiger partial charge in [0.15, 0.2) is 0 Å². The van der Waals surface area contributed by atoms with Crippen LogP contribution in [0.4, 0.5) is 0 Å². The monoisotopic (exact) mass is 421 g/mol. The van der Waals surface area contributed by atoms with Crippen molar-refractivity contribution in [1.29, 1.82) is 0 Å². The minimum absolute atomic E-state index is 0.177. The van der Waals surface area contributed by atoms with Gasteiger partial charge in [0.25, 0.3) is 0 Å². The SMILES string of the molecule is Cc1cc(C)cc(-c2ccccc2CC2(C(=O)NCC3CCCOC3)CCOCC2)c1. The van der Waals surface area contributed by atoms with Crippen molar-refractivity contribution in [2.24, 2.45) is 11.3 Å². The highest BCUT2D eigenvalue weighted by molar-refractivity contribution is 5.83. The molecule has 1 amide bonds. The molecule has 1 N–H and O–H groups in total. The van der Waals surface area contributed by atoms with E-state index in [2.05, 4.69) is 61.6 Å². The Morgan fingerprint density at radius 1 is 1.03 bits per heavy atom. The Kier molecular flexibility index (Phi) is 7.09. The molecule has 166 valence electrons. The molecule has 4 nitrogen and oxygen atoms in total. The number of ether oxygens (including phenoxy) is 2. The summed E-state index contributed by atoms with van der Waals surface area (Å²) in [5.74, 6) is 0.605. The average Bonchev–Trinajstić information content (AvgIpc) is 2.78. The fraction of sp³-hybridized carbons (Fsp3) is 0.519. The molecule has 0 bridgehead atoms. The van der Waals surface area contributed by atoms with E-state index in [1.807, 2.05) is 0 Å². The molecule has 2 saturated heterocycles. The van der Waals surface area contributed by atoms with Crippen molar-refractivity contribution >= 4 is 5.91 Å². The Morgan fingerprint density at radius 3 is 2.48 bits per heavy atom. The highest BCUT2D eigenvalue weighted by Gasteiger charge is 2.40. The third-order valence-electron chi connectivity index (χ3n) is 6.82. The molecule has 0 aromatic heterocycles. The van der Waals surface area contributed by atoms with Crippen molar-refractivity contribution in [3.05, 3.63) is 59.2 Å². The molecule has 0 saturated carbocycles. The van der Waals surface area contributed by atoms with Gasteiger partial charge in [-0.25, -0.2) is 0 Å². The Morgan fingerprint density at radius 2 is 1.77 bits per heavy atom. The van der Waals surface area contributed by atoms with Crippen molar-refractivity contribution in [2.75, 3.05) is 33.0 Å². The molecule has 0 spiro atoms. The molecular weight excluding hydrogens is 386 g/mol. The molecule has 2 aliphatic heterocycles. The lowest BCUT2D eigenvalue weighted by Crippen LogP contribution is -2.47.